The normalized spacial score (nSPS) is 10.3. The van der Waals surface area contributed by atoms with Gasteiger partial charge in [-0.25, -0.2) is 0 Å². The summed E-state index contributed by atoms with van der Waals surface area (Å²) in [5, 5.41) is 2.92. The standard InChI is InChI=1S/C19H22INO5/c1-23-7-8-26-14-6-4-5-13(9-14)12-21-19(22)15-10-17(24-2)18(25-3)11-16(15)20/h4-6,9-11H,7-8,12H2,1-3H3,(H,21,22). The first kappa shape index (κ1) is 20.3. The Kier molecular flexibility index (Phi) is 7.99. The van der Waals surface area contributed by atoms with Crippen LogP contribution in [0.25, 0.3) is 0 Å². The van der Waals surface area contributed by atoms with Gasteiger partial charge in [0.05, 0.1) is 26.4 Å². The van der Waals surface area contributed by atoms with Crippen molar-refractivity contribution < 1.29 is 23.7 Å². The van der Waals surface area contributed by atoms with E-state index in [-0.39, 0.29) is 5.91 Å². The highest BCUT2D eigenvalue weighted by molar-refractivity contribution is 14.1. The topological polar surface area (TPSA) is 66.0 Å². The van der Waals surface area contributed by atoms with Gasteiger partial charge in [-0.1, -0.05) is 12.1 Å². The fourth-order valence-electron chi connectivity index (χ4n) is 2.29. The molecule has 0 radical (unpaired) electrons. The van der Waals surface area contributed by atoms with Gasteiger partial charge in [0.25, 0.3) is 5.91 Å². The van der Waals surface area contributed by atoms with Gasteiger partial charge in [-0.05, 0) is 52.4 Å². The molecule has 0 saturated heterocycles. The van der Waals surface area contributed by atoms with Gasteiger partial charge in [0.1, 0.15) is 12.4 Å². The highest BCUT2D eigenvalue weighted by Gasteiger charge is 2.15. The average molecular weight is 471 g/mol. The Bertz CT molecular complexity index is 751. The SMILES string of the molecule is COCCOc1cccc(CNC(=O)c2cc(OC)c(OC)cc2I)c1. The lowest BCUT2D eigenvalue weighted by Crippen LogP contribution is -2.23. The van der Waals surface area contributed by atoms with E-state index in [4.69, 9.17) is 18.9 Å². The number of halogens is 1. The van der Waals surface area contributed by atoms with Crippen LogP contribution in [0.2, 0.25) is 0 Å². The fourth-order valence-corrected chi connectivity index (χ4v) is 2.98. The molecule has 0 atom stereocenters. The molecule has 2 rings (SSSR count). The molecule has 0 fully saturated rings. The summed E-state index contributed by atoms with van der Waals surface area (Å²) in [4.78, 5) is 12.5. The Morgan fingerprint density at radius 3 is 2.46 bits per heavy atom. The zero-order valence-electron chi connectivity index (χ0n) is 15.0. The number of ether oxygens (including phenoxy) is 4. The maximum atomic E-state index is 12.5. The Morgan fingerprint density at radius 1 is 1.04 bits per heavy atom. The van der Waals surface area contributed by atoms with Crippen molar-refractivity contribution in [1.29, 1.82) is 0 Å². The molecule has 0 aliphatic heterocycles. The Labute approximate surface area is 166 Å². The summed E-state index contributed by atoms with van der Waals surface area (Å²) < 4.78 is 21.9. The van der Waals surface area contributed by atoms with Gasteiger partial charge in [0.15, 0.2) is 11.5 Å². The highest BCUT2D eigenvalue weighted by atomic mass is 127. The van der Waals surface area contributed by atoms with E-state index in [0.717, 1.165) is 14.9 Å². The van der Waals surface area contributed by atoms with Crippen LogP contribution in [0.5, 0.6) is 17.2 Å². The third-order valence-electron chi connectivity index (χ3n) is 3.63. The van der Waals surface area contributed by atoms with Crippen molar-refractivity contribution in [3.05, 3.63) is 51.1 Å². The van der Waals surface area contributed by atoms with Crippen molar-refractivity contribution >= 4 is 28.5 Å². The van der Waals surface area contributed by atoms with Crippen molar-refractivity contribution in [2.45, 2.75) is 6.54 Å². The van der Waals surface area contributed by atoms with Crippen molar-refractivity contribution in [3.63, 3.8) is 0 Å². The third-order valence-corrected chi connectivity index (χ3v) is 4.52. The van der Waals surface area contributed by atoms with Gasteiger partial charge < -0.3 is 24.3 Å². The van der Waals surface area contributed by atoms with Crippen LogP contribution in [0.15, 0.2) is 36.4 Å². The minimum absolute atomic E-state index is 0.180. The molecule has 0 spiro atoms. The molecule has 1 amide bonds. The summed E-state index contributed by atoms with van der Waals surface area (Å²) in [6, 6.07) is 11.1. The maximum absolute atomic E-state index is 12.5. The quantitative estimate of drug-likeness (QED) is 0.450. The molecule has 1 N–H and O–H groups in total. The number of rotatable bonds is 9. The summed E-state index contributed by atoms with van der Waals surface area (Å²) in [5.41, 5.74) is 1.49. The van der Waals surface area contributed by atoms with Gasteiger partial charge in [-0.3, -0.25) is 4.79 Å². The van der Waals surface area contributed by atoms with Crippen LogP contribution in [0, 0.1) is 3.57 Å². The number of carbonyl (C=O) groups is 1. The van der Waals surface area contributed by atoms with Crippen molar-refractivity contribution in [2.75, 3.05) is 34.5 Å². The zero-order chi connectivity index (χ0) is 18.9. The minimum Gasteiger partial charge on any atom is -0.493 e. The van der Waals surface area contributed by atoms with E-state index in [1.807, 2.05) is 24.3 Å². The number of hydrogen-bond acceptors (Lipinski definition) is 5. The van der Waals surface area contributed by atoms with Crippen LogP contribution < -0.4 is 19.5 Å². The lowest BCUT2D eigenvalue weighted by molar-refractivity contribution is 0.0949. The van der Waals surface area contributed by atoms with Crippen molar-refractivity contribution in [2.24, 2.45) is 0 Å². The first-order valence-corrected chi connectivity index (χ1v) is 9.07. The Hall–Kier alpha value is -2.00. The molecule has 26 heavy (non-hydrogen) atoms. The molecule has 7 heteroatoms. The van der Waals surface area contributed by atoms with E-state index in [0.29, 0.717) is 36.8 Å². The summed E-state index contributed by atoms with van der Waals surface area (Å²) in [5.74, 6) is 1.68. The summed E-state index contributed by atoms with van der Waals surface area (Å²) in [6.07, 6.45) is 0. The summed E-state index contributed by atoms with van der Waals surface area (Å²) >= 11 is 2.11. The van der Waals surface area contributed by atoms with Crippen LogP contribution in [0.4, 0.5) is 0 Å². The van der Waals surface area contributed by atoms with Crippen LogP contribution in [-0.4, -0.2) is 40.5 Å². The molecular formula is C19H22INO5. The van der Waals surface area contributed by atoms with Crippen LogP contribution >= 0.6 is 22.6 Å². The summed E-state index contributed by atoms with van der Waals surface area (Å²) in [7, 11) is 4.74. The van der Waals surface area contributed by atoms with Crippen LogP contribution in [0.1, 0.15) is 15.9 Å². The molecule has 2 aromatic carbocycles. The van der Waals surface area contributed by atoms with E-state index in [9.17, 15) is 4.79 Å². The predicted molar refractivity (Wildman–Crippen MR) is 107 cm³/mol. The number of amides is 1. The average Bonchev–Trinajstić information content (AvgIpc) is 2.66. The number of methoxy groups -OCH3 is 3. The van der Waals surface area contributed by atoms with E-state index in [2.05, 4.69) is 27.9 Å². The molecule has 2 aromatic rings. The van der Waals surface area contributed by atoms with Crippen molar-refractivity contribution in [3.8, 4) is 17.2 Å². The van der Waals surface area contributed by atoms with Gasteiger partial charge in [-0.2, -0.15) is 0 Å². The monoisotopic (exact) mass is 471 g/mol. The first-order chi connectivity index (χ1) is 12.6. The molecule has 6 nitrogen and oxygen atoms in total. The van der Waals surface area contributed by atoms with Crippen LogP contribution in [0.3, 0.4) is 0 Å². The number of hydrogen-bond donors (Lipinski definition) is 1. The minimum atomic E-state index is -0.180. The molecule has 0 heterocycles. The lowest BCUT2D eigenvalue weighted by Gasteiger charge is -2.12. The van der Waals surface area contributed by atoms with Gasteiger partial charge in [-0.15, -0.1) is 0 Å². The predicted octanol–water partition coefficient (Wildman–Crippen LogP) is 3.26. The van der Waals surface area contributed by atoms with Crippen LogP contribution in [-0.2, 0) is 11.3 Å². The Morgan fingerprint density at radius 2 is 1.77 bits per heavy atom. The number of carbonyl (C=O) groups excluding carboxylic acids is 1. The Balaban J connectivity index is 2.03. The van der Waals surface area contributed by atoms with Gasteiger partial charge in [0, 0.05) is 17.2 Å². The molecular weight excluding hydrogens is 449 g/mol. The molecule has 0 bridgehead atoms. The second kappa shape index (κ2) is 10.2. The second-order valence-corrected chi connectivity index (χ2v) is 6.52. The fraction of sp³-hybridized carbons (Fsp3) is 0.316. The molecule has 0 saturated carbocycles. The van der Waals surface area contributed by atoms with E-state index in [1.54, 1.807) is 33.5 Å². The lowest BCUT2D eigenvalue weighted by atomic mass is 10.1. The maximum Gasteiger partial charge on any atom is 0.252 e. The molecule has 0 aliphatic carbocycles. The highest BCUT2D eigenvalue weighted by Crippen LogP contribution is 2.31. The van der Waals surface area contributed by atoms with E-state index in [1.165, 1.54) is 0 Å². The number of benzene rings is 2. The second-order valence-electron chi connectivity index (χ2n) is 5.36. The first-order valence-electron chi connectivity index (χ1n) is 7.99. The zero-order valence-corrected chi connectivity index (χ0v) is 17.2. The van der Waals surface area contributed by atoms with Gasteiger partial charge in [0.2, 0.25) is 0 Å². The molecule has 0 unspecified atom stereocenters. The largest absolute Gasteiger partial charge is 0.493 e. The third kappa shape index (κ3) is 5.50. The van der Waals surface area contributed by atoms with Crippen molar-refractivity contribution in [1.82, 2.24) is 5.32 Å². The summed E-state index contributed by atoms with van der Waals surface area (Å²) in [6.45, 7) is 1.40. The number of nitrogens with one attached hydrogen (secondary N) is 1. The van der Waals surface area contributed by atoms with E-state index >= 15 is 0 Å². The smallest absolute Gasteiger partial charge is 0.252 e. The molecule has 140 valence electrons. The van der Waals surface area contributed by atoms with E-state index < -0.39 is 0 Å². The molecule has 0 aromatic heterocycles. The van der Waals surface area contributed by atoms with Gasteiger partial charge >= 0.3 is 0 Å². The molecule has 0 aliphatic rings.